The van der Waals surface area contributed by atoms with Crippen molar-refractivity contribution in [3.05, 3.63) is 10.1 Å². The Bertz CT molecular complexity index is 340. The molecule has 7 nitrogen and oxygen atoms in total. The number of esters is 1. The Kier molecular flexibility index (Phi) is 6.19. The molecule has 0 aromatic heterocycles. The minimum absolute atomic E-state index is 0.425. The molecule has 1 aliphatic rings. The minimum atomic E-state index is -1.20. The Morgan fingerprint density at radius 1 is 1.35 bits per heavy atom. The van der Waals surface area contributed by atoms with Crippen LogP contribution in [-0.4, -0.2) is 30.1 Å². The van der Waals surface area contributed by atoms with Crippen molar-refractivity contribution in [3.63, 3.8) is 0 Å². The number of nitrogens with zero attached hydrogens (tertiary/aromatic N) is 1. The fourth-order valence-corrected chi connectivity index (χ4v) is 2.99. The van der Waals surface area contributed by atoms with Gasteiger partial charge in [-0.2, -0.15) is 0 Å². The van der Waals surface area contributed by atoms with Crippen molar-refractivity contribution < 1.29 is 24.2 Å². The van der Waals surface area contributed by atoms with Crippen LogP contribution in [0.2, 0.25) is 0 Å². The molecule has 2 atom stereocenters. The highest BCUT2D eigenvalue weighted by molar-refractivity contribution is 5.74. The molecule has 0 aromatic rings. The fourth-order valence-electron chi connectivity index (χ4n) is 2.99. The Balaban J connectivity index is 2.72. The van der Waals surface area contributed by atoms with Crippen LogP contribution in [0.1, 0.15) is 52.4 Å². The maximum Gasteiger partial charge on any atom is 0.313 e. The van der Waals surface area contributed by atoms with Gasteiger partial charge in [-0.1, -0.05) is 26.2 Å². The van der Waals surface area contributed by atoms with E-state index < -0.39 is 28.9 Å². The van der Waals surface area contributed by atoms with Gasteiger partial charge in [-0.3, -0.25) is 9.63 Å². The molecule has 1 rings (SSSR count). The molecule has 0 N–H and O–H groups in total. The lowest BCUT2D eigenvalue weighted by atomic mass is 9.74. The van der Waals surface area contributed by atoms with E-state index in [0.29, 0.717) is 6.42 Å². The zero-order valence-corrected chi connectivity index (χ0v) is 12.3. The summed E-state index contributed by atoms with van der Waals surface area (Å²) in [6, 6.07) is 0. The third-order valence-electron chi connectivity index (χ3n) is 3.95. The van der Waals surface area contributed by atoms with Crippen LogP contribution in [0.3, 0.4) is 0 Å². The smallest absolute Gasteiger partial charge is 0.313 e. The van der Waals surface area contributed by atoms with Gasteiger partial charge in [-0.25, -0.2) is 0 Å². The third-order valence-corrected chi connectivity index (χ3v) is 3.95. The molecule has 0 amide bonds. The van der Waals surface area contributed by atoms with Crippen molar-refractivity contribution in [1.82, 2.24) is 0 Å². The van der Waals surface area contributed by atoms with Crippen molar-refractivity contribution in [1.29, 1.82) is 0 Å². The summed E-state index contributed by atoms with van der Waals surface area (Å²) in [6.45, 7) is 3.22. The average Bonchev–Trinajstić information content (AvgIpc) is 2.39. The topological polar surface area (TPSA) is 87.9 Å². The molecular formula is C13H23NO6. The van der Waals surface area contributed by atoms with Gasteiger partial charge >= 0.3 is 5.97 Å². The third kappa shape index (κ3) is 4.06. The second-order valence-corrected chi connectivity index (χ2v) is 5.12. The fraction of sp³-hybridized carbons (Fsp3) is 0.923. The molecule has 0 heterocycles. The van der Waals surface area contributed by atoms with Gasteiger partial charge in [-0.15, -0.1) is 10.1 Å². The van der Waals surface area contributed by atoms with Gasteiger partial charge < -0.3 is 9.47 Å². The lowest BCUT2D eigenvalue weighted by Crippen LogP contribution is -2.46. The summed E-state index contributed by atoms with van der Waals surface area (Å²) in [5.74, 6) is -0.920. The molecule has 1 saturated carbocycles. The normalized spacial score (nSPS) is 20.8. The van der Waals surface area contributed by atoms with Gasteiger partial charge in [-0.05, 0) is 26.2 Å². The standard InChI is InChI=1S/C13H23NO6/c1-4-11(12(15)19-10(2)20-14(16)17)13(18-3)8-6-5-7-9-13/h10-11H,4-9H2,1-3H3. The van der Waals surface area contributed by atoms with Crippen LogP contribution < -0.4 is 0 Å². The quantitative estimate of drug-likeness (QED) is 0.309. The Morgan fingerprint density at radius 3 is 2.40 bits per heavy atom. The minimum Gasteiger partial charge on any atom is -0.435 e. The maximum absolute atomic E-state index is 12.2. The summed E-state index contributed by atoms with van der Waals surface area (Å²) in [5.41, 5.74) is -0.515. The van der Waals surface area contributed by atoms with Crippen molar-refractivity contribution >= 4 is 5.97 Å². The second kappa shape index (κ2) is 7.42. The van der Waals surface area contributed by atoms with Crippen LogP contribution >= 0.6 is 0 Å². The zero-order valence-electron chi connectivity index (χ0n) is 12.3. The summed E-state index contributed by atoms with van der Waals surface area (Å²) in [5, 5.41) is 9.25. The van der Waals surface area contributed by atoms with Crippen LogP contribution in [0.4, 0.5) is 0 Å². The Labute approximate surface area is 118 Å². The van der Waals surface area contributed by atoms with E-state index in [4.69, 9.17) is 9.47 Å². The predicted octanol–water partition coefficient (Wildman–Crippen LogP) is 2.46. The zero-order chi connectivity index (χ0) is 15.2. The largest absolute Gasteiger partial charge is 0.435 e. The summed E-state index contributed by atoms with van der Waals surface area (Å²) in [6.07, 6.45) is 4.14. The average molecular weight is 289 g/mol. The predicted molar refractivity (Wildman–Crippen MR) is 70.2 cm³/mol. The number of ether oxygens (including phenoxy) is 2. The van der Waals surface area contributed by atoms with E-state index in [9.17, 15) is 14.9 Å². The number of carbonyl (C=O) groups is 1. The van der Waals surface area contributed by atoms with Crippen LogP contribution in [-0.2, 0) is 19.1 Å². The lowest BCUT2D eigenvalue weighted by molar-refractivity contribution is -0.777. The van der Waals surface area contributed by atoms with Gasteiger partial charge in [0.05, 0.1) is 11.5 Å². The molecule has 0 spiro atoms. The van der Waals surface area contributed by atoms with Gasteiger partial charge in [0.1, 0.15) is 0 Å². The highest BCUT2D eigenvalue weighted by Gasteiger charge is 2.44. The van der Waals surface area contributed by atoms with E-state index in [1.54, 1.807) is 7.11 Å². The number of hydrogen-bond donors (Lipinski definition) is 0. The first-order chi connectivity index (χ1) is 9.45. The van der Waals surface area contributed by atoms with E-state index >= 15 is 0 Å². The first-order valence-electron chi connectivity index (χ1n) is 7.02. The molecule has 7 heteroatoms. The molecule has 0 bridgehead atoms. The molecule has 2 unspecified atom stereocenters. The highest BCUT2D eigenvalue weighted by Crippen LogP contribution is 2.39. The van der Waals surface area contributed by atoms with E-state index in [0.717, 1.165) is 32.1 Å². The van der Waals surface area contributed by atoms with Crippen molar-refractivity contribution in [2.45, 2.75) is 64.3 Å². The molecule has 0 aliphatic heterocycles. The van der Waals surface area contributed by atoms with Crippen LogP contribution in [0.25, 0.3) is 0 Å². The SMILES string of the molecule is CCC(C(=O)OC(C)O[N+](=O)[O-])C1(OC)CCCCC1. The van der Waals surface area contributed by atoms with E-state index in [-0.39, 0.29) is 0 Å². The molecule has 116 valence electrons. The summed E-state index contributed by atoms with van der Waals surface area (Å²) < 4.78 is 10.7. The summed E-state index contributed by atoms with van der Waals surface area (Å²) >= 11 is 0. The van der Waals surface area contributed by atoms with E-state index in [1.165, 1.54) is 6.92 Å². The van der Waals surface area contributed by atoms with Crippen molar-refractivity contribution in [3.8, 4) is 0 Å². The van der Waals surface area contributed by atoms with Gasteiger partial charge in [0, 0.05) is 7.11 Å². The van der Waals surface area contributed by atoms with Crippen LogP contribution in [0.15, 0.2) is 0 Å². The first kappa shape index (κ1) is 16.7. The molecule has 20 heavy (non-hydrogen) atoms. The van der Waals surface area contributed by atoms with Crippen molar-refractivity contribution in [2.24, 2.45) is 5.92 Å². The van der Waals surface area contributed by atoms with Crippen molar-refractivity contribution in [2.75, 3.05) is 7.11 Å². The summed E-state index contributed by atoms with van der Waals surface area (Å²) in [7, 11) is 1.61. The van der Waals surface area contributed by atoms with E-state index in [2.05, 4.69) is 4.84 Å². The molecule has 0 aromatic carbocycles. The van der Waals surface area contributed by atoms with Gasteiger partial charge in [0.2, 0.25) is 6.29 Å². The molecule has 0 saturated heterocycles. The Morgan fingerprint density at radius 2 is 1.95 bits per heavy atom. The molecule has 0 radical (unpaired) electrons. The molecule has 1 fully saturated rings. The van der Waals surface area contributed by atoms with Gasteiger partial charge in [0.25, 0.3) is 5.09 Å². The first-order valence-corrected chi connectivity index (χ1v) is 7.02. The molecular weight excluding hydrogens is 266 g/mol. The number of hydrogen-bond acceptors (Lipinski definition) is 6. The van der Waals surface area contributed by atoms with Gasteiger partial charge in [0.15, 0.2) is 0 Å². The highest BCUT2D eigenvalue weighted by atomic mass is 17.0. The second-order valence-electron chi connectivity index (χ2n) is 5.12. The van der Waals surface area contributed by atoms with Crippen LogP contribution in [0.5, 0.6) is 0 Å². The lowest BCUT2D eigenvalue weighted by Gasteiger charge is -2.41. The maximum atomic E-state index is 12.2. The number of methoxy groups -OCH3 is 1. The van der Waals surface area contributed by atoms with Crippen LogP contribution in [0, 0.1) is 16.0 Å². The number of carbonyl (C=O) groups excluding carboxylic acids is 1. The van der Waals surface area contributed by atoms with E-state index in [1.807, 2.05) is 6.92 Å². The number of rotatable bonds is 7. The Hall–Kier alpha value is -1.37. The monoisotopic (exact) mass is 289 g/mol. The molecule has 1 aliphatic carbocycles. The summed E-state index contributed by atoms with van der Waals surface area (Å²) in [4.78, 5) is 26.7.